The van der Waals surface area contributed by atoms with Crippen LogP contribution >= 0.6 is 0 Å². The molecule has 0 saturated heterocycles. The highest BCUT2D eigenvalue weighted by Gasteiger charge is 2.71. The number of aliphatic hydroxyl groups is 2. The molecule has 0 aliphatic heterocycles. The van der Waals surface area contributed by atoms with Crippen LogP contribution in [0.3, 0.4) is 0 Å². The van der Waals surface area contributed by atoms with Crippen molar-refractivity contribution in [3.05, 3.63) is 23.8 Å². The van der Waals surface area contributed by atoms with Crippen LogP contribution in [0, 0.1) is 39.4 Å². The normalized spacial score (nSPS) is 51.3. The molecular weight excluding hydrogens is 350 g/mol. The molecule has 27 heavy (non-hydrogen) atoms. The number of halogens is 2. The molecule has 0 heterocycles. The molecule has 4 aliphatic rings. The molecule has 4 rings (SSSR count). The summed E-state index contributed by atoms with van der Waals surface area (Å²) in [4.78, 5) is 0. The number of allylic oxidation sites excluding steroid dienone is 4. The average molecular weight is 378 g/mol. The molecule has 148 valence electrons. The van der Waals surface area contributed by atoms with Gasteiger partial charge in [0.15, 0.2) is 5.67 Å². The van der Waals surface area contributed by atoms with Crippen LogP contribution in [0.4, 0.5) is 8.78 Å². The van der Waals surface area contributed by atoms with E-state index < -0.39 is 34.7 Å². The molecule has 0 radical (unpaired) electrons. The molecule has 0 aromatic rings. The second-order valence-electron chi connectivity index (χ2n) is 9.31. The second kappa shape index (κ2) is 5.80. The molecule has 4 aliphatic carbocycles. The summed E-state index contributed by atoms with van der Waals surface area (Å²) in [6.07, 6.45) is 3.38. The van der Waals surface area contributed by atoms with Crippen molar-refractivity contribution >= 4 is 11.4 Å². The Bertz CT molecular complexity index is 765. The lowest BCUT2D eigenvalue weighted by Gasteiger charge is -2.62. The van der Waals surface area contributed by atoms with Crippen molar-refractivity contribution in [2.75, 3.05) is 6.61 Å². The van der Waals surface area contributed by atoms with Crippen LogP contribution in [-0.2, 0) is 0 Å². The number of rotatable bonds is 2. The monoisotopic (exact) mass is 378 g/mol. The second-order valence-corrected chi connectivity index (χ2v) is 9.31. The third kappa shape index (κ3) is 2.20. The van der Waals surface area contributed by atoms with E-state index in [1.54, 1.807) is 13.0 Å². The first-order valence-corrected chi connectivity index (χ1v) is 9.78. The third-order valence-electron chi connectivity index (χ3n) is 8.25. The summed E-state index contributed by atoms with van der Waals surface area (Å²) < 4.78 is 31.9. The molecule has 0 aromatic carbocycles. The Morgan fingerprint density at radius 3 is 2.67 bits per heavy atom. The molecule has 0 amide bonds. The van der Waals surface area contributed by atoms with Crippen molar-refractivity contribution in [2.24, 2.45) is 28.6 Å². The van der Waals surface area contributed by atoms with Crippen molar-refractivity contribution in [3.8, 4) is 0 Å². The Kier molecular flexibility index (Phi) is 4.07. The minimum atomic E-state index is -2.00. The van der Waals surface area contributed by atoms with Gasteiger partial charge in [-0.2, -0.15) is 0 Å². The standard InChI is InChI=1S/C21H28F2N2O2/c1-19-9-18(27)21(23)14(12(19)3-4-13(19)17(25)10-26)8-16(22)15-7-11(24)5-6-20(15,21)2/h5-7,12-14,16,18,24-27H,3-4,8-10H2,1-2H3/t12-,13?,14?,16-,18?,19?,20?,21-/m0/s1. The van der Waals surface area contributed by atoms with Crippen molar-refractivity contribution in [2.45, 2.75) is 57.5 Å². The van der Waals surface area contributed by atoms with E-state index in [0.29, 0.717) is 12.8 Å². The van der Waals surface area contributed by atoms with E-state index in [1.807, 2.05) is 6.92 Å². The van der Waals surface area contributed by atoms with Gasteiger partial charge >= 0.3 is 0 Å². The summed E-state index contributed by atoms with van der Waals surface area (Å²) >= 11 is 0. The fraction of sp³-hybridized carbons (Fsp3) is 0.714. The molecule has 4 nitrogen and oxygen atoms in total. The maximum Gasteiger partial charge on any atom is 0.152 e. The number of hydrogen-bond acceptors (Lipinski definition) is 4. The third-order valence-corrected chi connectivity index (χ3v) is 8.25. The Hall–Kier alpha value is -1.40. The number of fused-ring (bicyclic) bond motifs is 5. The zero-order valence-corrected chi connectivity index (χ0v) is 15.8. The summed E-state index contributed by atoms with van der Waals surface area (Å²) in [5, 5.41) is 36.5. The Labute approximate surface area is 158 Å². The van der Waals surface area contributed by atoms with Crippen molar-refractivity contribution in [1.82, 2.24) is 0 Å². The summed E-state index contributed by atoms with van der Waals surface area (Å²) in [6, 6.07) is 0. The first-order chi connectivity index (χ1) is 12.6. The molecule has 6 heteroatoms. The summed E-state index contributed by atoms with van der Waals surface area (Å²) in [7, 11) is 0. The number of aliphatic hydroxyl groups excluding tert-OH is 2. The van der Waals surface area contributed by atoms with Gasteiger partial charge in [-0.15, -0.1) is 0 Å². The Morgan fingerprint density at radius 2 is 2.00 bits per heavy atom. The predicted molar refractivity (Wildman–Crippen MR) is 99.7 cm³/mol. The summed E-state index contributed by atoms with van der Waals surface area (Å²) in [5.41, 5.74) is -3.15. The van der Waals surface area contributed by atoms with E-state index in [4.69, 9.17) is 10.8 Å². The lowest BCUT2D eigenvalue weighted by atomic mass is 9.45. The predicted octanol–water partition coefficient (Wildman–Crippen LogP) is 3.38. The zero-order valence-electron chi connectivity index (χ0n) is 15.8. The van der Waals surface area contributed by atoms with E-state index >= 15 is 8.78 Å². The molecule has 5 unspecified atom stereocenters. The van der Waals surface area contributed by atoms with E-state index in [9.17, 15) is 10.2 Å². The maximum absolute atomic E-state index is 16.8. The van der Waals surface area contributed by atoms with Gasteiger partial charge in [-0.25, -0.2) is 8.78 Å². The first kappa shape index (κ1) is 18.9. The van der Waals surface area contributed by atoms with E-state index in [-0.39, 0.29) is 48.3 Å². The highest BCUT2D eigenvalue weighted by Crippen LogP contribution is 2.69. The largest absolute Gasteiger partial charge is 0.390 e. The Morgan fingerprint density at radius 1 is 1.30 bits per heavy atom. The molecule has 0 spiro atoms. The molecule has 4 N–H and O–H groups in total. The average Bonchev–Trinajstić information content (AvgIpc) is 2.95. The van der Waals surface area contributed by atoms with E-state index in [2.05, 4.69) is 0 Å². The quantitative estimate of drug-likeness (QED) is 0.555. The van der Waals surface area contributed by atoms with Crippen LogP contribution < -0.4 is 0 Å². The van der Waals surface area contributed by atoms with E-state index in [0.717, 1.165) is 0 Å². The van der Waals surface area contributed by atoms with Gasteiger partial charge in [-0.1, -0.05) is 13.0 Å². The van der Waals surface area contributed by atoms with E-state index in [1.165, 1.54) is 12.2 Å². The van der Waals surface area contributed by atoms with Crippen LogP contribution in [0.5, 0.6) is 0 Å². The molecular formula is C21H28F2N2O2. The van der Waals surface area contributed by atoms with Gasteiger partial charge < -0.3 is 21.0 Å². The molecule has 0 aromatic heterocycles. The Balaban J connectivity index is 1.81. The lowest BCUT2D eigenvalue weighted by Crippen LogP contribution is -2.68. The minimum Gasteiger partial charge on any atom is -0.390 e. The number of alkyl halides is 2. The lowest BCUT2D eigenvalue weighted by molar-refractivity contribution is -0.198. The summed E-state index contributed by atoms with van der Waals surface area (Å²) in [6.45, 7) is 3.28. The fourth-order valence-electron chi connectivity index (χ4n) is 6.91. The van der Waals surface area contributed by atoms with Crippen LogP contribution in [0.2, 0.25) is 0 Å². The SMILES string of the molecule is CC12CC(O)[C@@]3(F)C(C[C@H](F)C4=CC(=N)C=CC43C)[C@@H]1CCC2C(=N)CO. The van der Waals surface area contributed by atoms with Crippen LogP contribution in [-0.4, -0.2) is 46.2 Å². The van der Waals surface area contributed by atoms with Gasteiger partial charge in [0.2, 0.25) is 0 Å². The topological polar surface area (TPSA) is 88.2 Å². The van der Waals surface area contributed by atoms with Gasteiger partial charge in [0.05, 0.1) is 18.4 Å². The number of hydrogen-bond donors (Lipinski definition) is 4. The smallest absolute Gasteiger partial charge is 0.152 e. The van der Waals surface area contributed by atoms with Crippen LogP contribution in [0.1, 0.15) is 39.5 Å². The molecule has 0 bridgehead atoms. The zero-order chi connectivity index (χ0) is 19.8. The van der Waals surface area contributed by atoms with Crippen molar-refractivity contribution in [1.29, 1.82) is 10.8 Å². The summed E-state index contributed by atoms with van der Waals surface area (Å²) in [5.74, 6) is -1.00. The molecule has 3 saturated carbocycles. The minimum absolute atomic E-state index is 0.00443. The first-order valence-electron chi connectivity index (χ1n) is 9.78. The van der Waals surface area contributed by atoms with Gasteiger partial charge in [-0.05, 0) is 61.7 Å². The van der Waals surface area contributed by atoms with Gasteiger partial charge in [0, 0.05) is 23.0 Å². The number of nitrogens with one attached hydrogen (secondary N) is 2. The van der Waals surface area contributed by atoms with Crippen LogP contribution in [0.25, 0.3) is 0 Å². The van der Waals surface area contributed by atoms with Gasteiger partial charge in [0.1, 0.15) is 6.17 Å². The molecule has 3 fully saturated rings. The van der Waals surface area contributed by atoms with Crippen molar-refractivity contribution < 1.29 is 19.0 Å². The maximum atomic E-state index is 16.8. The van der Waals surface area contributed by atoms with Gasteiger partial charge in [0.25, 0.3) is 0 Å². The van der Waals surface area contributed by atoms with Crippen molar-refractivity contribution in [3.63, 3.8) is 0 Å². The fourth-order valence-corrected chi connectivity index (χ4v) is 6.91. The van der Waals surface area contributed by atoms with Crippen LogP contribution in [0.15, 0.2) is 23.8 Å². The highest BCUT2D eigenvalue weighted by molar-refractivity contribution is 6.03. The van der Waals surface area contributed by atoms with Gasteiger partial charge in [-0.3, -0.25) is 0 Å². The molecule has 8 atom stereocenters. The highest BCUT2D eigenvalue weighted by atomic mass is 19.1.